The normalized spacial score (nSPS) is 11.2. The molecule has 0 N–H and O–H groups in total. The highest BCUT2D eigenvalue weighted by atomic mass is 14.2. The first-order valence-electron chi connectivity index (χ1n) is 17.0. The third-order valence-corrected chi connectivity index (χ3v) is 9.62. The van der Waals surface area contributed by atoms with E-state index in [4.69, 9.17) is 0 Å². The van der Waals surface area contributed by atoms with E-state index in [0.717, 1.165) is 25.7 Å². The molecule has 0 heterocycles. The zero-order chi connectivity index (χ0) is 32.1. The van der Waals surface area contributed by atoms with Crippen molar-refractivity contribution in [3.05, 3.63) is 226 Å². The van der Waals surface area contributed by atoms with Crippen molar-refractivity contribution < 1.29 is 0 Å². The molecule has 0 aliphatic rings. The Kier molecular flexibility index (Phi) is 8.38. The molecule has 0 radical (unpaired) electrons. The average Bonchev–Trinajstić information content (AvgIpc) is 3.14. The molecule has 0 aliphatic carbocycles. The molecule has 0 saturated carbocycles. The van der Waals surface area contributed by atoms with Gasteiger partial charge in [0.1, 0.15) is 0 Å². The van der Waals surface area contributed by atoms with E-state index in [-0.39, 0.29) is 0 Å². The summed E-state index contributed by atoms with van der Waals surface area (Å²) in [6.07, 6.45) is 3.66. The Morgan fingerprint density at radius 2 is 0.542 bits per heavy atom. The van der Waals surface area contributed by atoms with Gasteiger partial charge in [0.15, 0.2) is 0 Å². The molecule has 8 aromatic rings. The first kappa shape index (κ1) is 29.7. The lowest BCUT2D eigenvalue weighted by atomic mass is 9.84. The Balaban J connectivity index is 1.19. The molecule has 0 heteroatoms. The second-order valence-corrected chi connectivity index (χ2v) is 13.0. The minimum absolute atomic E-state index is 0.878. The number of fused-ring (bicyclic) bond motifs is 2. The summed E-state index contributed by atoms with van der Waals surface area (Å²) in [4.78, 5) is 0. The number of benzene rings is 8. The van der Waals surface area contributed by atoms with Crippen molar-refractivity contribution in [1.82, 2.24) is 0 Å². The van der Waals surface area contributed by atoms with Crippen LogP contribution in [0.1, 0.15) is 44.5 Å². The van der Waals surface area contributed by atoms with Crippen LogP contribution in [0, 0.1) is 0 Å². The fourth-order valence-corrected chi connectivity index (χ4v) is 7.17. The van der Waals surface area contributed by atoms with Crippen molar-refractivity contribution in [3.63, 3.8) is 0 Å². The van der Waals surface area contributed by atoms with Crippen molar-refractivity contribution in [3.8, 4) is 11.1 Å². The maximum atomic E-state index is 2.36. The van der Waals surface area contributed by atoms with Crippen molar-refractivity contribution in [1.29, 1.82) is 0 Å². The zero-order valence-corrected chi connectivity index (χ0v) is 27.1. The molecule has 48 heavy (non-hydrogen) atoms. The maximum Gasteiger partial charge on any atom is -0.00194 e. The van der Waals surface area contributed by atoms with Gasteiger partial charge in [-0.3, -0.25) is 0 Å². The van der Waals surface area contributed by atoms with E-state index in [0.29, 0.717) is 0 Å². The first-order chi connectivity index (χ1) is 23.8. The van der Waals surface area contributed by atoms with E-state index in [1.807, 2.05) is 0 Å². The maximum absolute atomic E-state index is 2.36. The van der Waals surface area contributed by atoms with Crippen LogP contribution in [0.15, 0.2) is 182 Å². The predicted octanol–water partition coefficient (Wildman–Crippen LogP) is 12.0. The predicted molar refractivity (Wildman–Crippen MR) is 204 cm³/mol. The first-order valence-corrected chi connectivity index (χ1v) is 17.0. The third kappa shape index (κ3) is 6.43. The smallest absolute Gasteiger partial charge is 0.00194 e. The minimum Gasteiger partial charge on any atom is -0.0622 e. The van der Waals surface area contributed by atoms with Crippen molar-refractivity contribution >= 4 is 21.5 Å². The molecule has 0 saturated heterocycles. The van der Waals surface area contributed by atoms with Crippen LogP contribution in [0.3, 0.4) is 0 Å². The van der Waals surface area contributed by atoms with Gasteiger partial charge in [0.25, 0.3) is 0 Å². The minimum atomic E-state index is 0.878. The Labute approximate surface area is 284 Å². The summed E-state index contributed by atoms with van der Waals surface area (Å²) >= 11 is 0. The highest BCUT2D eigenvalue weighted by molar-refractivity contribution is 6.08. The molecule has 0 nitrogen and oxygen atoms in total. The number of hydrogen-bond acceptors (Lipinski definition) is 0. The van der Waals surface area contributed by atoms with E-state index in [1.165, 1.54) is 77.2 Å². The zero-order valence-electron chi connectivity index (χ0n) is 27.1. The molecule has 0 atom stereocenters. The van der Waals surface area contributed by atoms with Crippen LogP contribution in [-0.2, 0) is 25.7 Å². The number of hydrogen-bond donors (Lipinski definition) is 0. The summed E-state index contributed by atoms with van der Waals surface area (Å²) in [5.74, 6) is 0. The van der Waals surface area contributed by atoms with Gasteiger partial charge in [0.2, 0.25) is 0 Å². The van der Waals surface area contributed by atoms with E-state index < -0.39 is 0 Å². The molecular formula is C48H38. The molecule has 8 aromatic carbocycles. The summed E-state index contributed by atoms with van der Waals surface area (Å²) in [6.45, 7) is 0. The molecule has 0 aromatic heterocycles. The van der Waals surface area contributed by atoms with Gasteiger partial charge in [-0.1, -0.05) is 182 Å². The van der Waals surface area contributed by atoms with E-state index in [1.54, 1.807) is 0 Å². The molecule has 0 spiro atoms. The van der Waals surface area contributed by atoms with Gasteiger partial charge < -0.3 is 0 Å². The molecule has 230 valence electrons. The van der Waals surface area contributed by atoms with Crippen LogP contribution in [0.4, 0.5) is 0 Å². The second-order valence-electron chi connectivity index (χ2n) is 13.0. The lowest BCUT2D eigenvalue weighted by Gasteiger charge is -2.20. The Morgan fingerprint density at radius 1 is 0.229 bits per heavy atom. The van der Waals surface area contributed by atoms with Crippen LogP contribution < -0.4 is 0 Å². The molecule has 0 aliphatic heterocycles. The summed E-state index contributed by atoms with van der Waals surface area (Å²) < 4.78 is 0. The van der Waals surface area contributed by atoms with E-state index >= 15 is 0 Å². The largest absolute Gasteiger partial charge is 0.0622 e. The summed E-state index contributed by atoms with van der Waals surface area (Å²) in [5, 5.41) is 5.18. The summed E-state index contributed by atoms with van der Waals surface area (Å²) in [7, 11) is 0. The van der Waals surface area contributed by atoms with Gasteiger partial charge in [-0.15, -0.1) is 0 Å². The van der Waals surface area contributed by atoms with Crippen LogP contribution in [-0.4, -0.2) is 0 Å². The topological polar surface area (TPSA) is 0 Å². The highest BCUT2D eigenvalue weighted by Crippen LogP contribution is 2.40. The van der Waals surface area contributed by atoms with Gasteiger partial charge in [0.05, 0.1) is 0 Å². The van der Waals surface area contributed by atoms with Crippen LogP contribution in [0.25, 0.3) is 32.7 Å². The fourth-order valence-electron chi connectivity index (χ4n) is 7.17. The van der Waals surface area contributed by atoms with Crippen LogP contribution in [0.5, 0.6) is 0 Å². The van der Waals surface area contributed by atoms with Gasteiger partial charge >= 0.3 is 0 Å². The monoisotopic (exact) mass is 614 g/mol. The number of rotatable bonds is 9. The molecule has 0 bridgehead atoms. The third-order valence-electron chi connectivity index (χ3n) is 9.62. The SMILES string of the molecule is c1ccc(Cc2ccc(Cc3ccc4ccccc4c3-c3c(Cc4ccc(Cc5ccccc5)cc4)ccc4ccccc34)cc2)cc1. The molecule has 8 rings (SSSR count). The lowest BCUT2D eigenvalue weighted by Crippen LogP contribution is -2.00. The van der Waals surface area contributed by atoms with Gasteiger partial charge in [0, 0.05) is 0 Å². The second kappa shape index (κ2) is 13.6. The van der Waals surface area contributed by atoms with Gasteiger partial charge in [-0.25, -0.2) is 0 Å². The van der Waals surface area contributed by atoms with Crippen LogP contribution in [0.2, 0.25) is 0 Å². The van der Waals surface area contributed by atoms with Crippen molar-refractivity contribution in [2.45, 2.75) is 25.7 Å². The van der Waals surface area contributed by atoms with Crippen LogP contribution >= 0.6 is 0 Å². The summed E-state index contributed by atoms with van der Waals surface area (Å²) in [5.41, 5.74) is 13.5. The van der Waals surface area contributed by atoms with Crippen molar-refractivity contribution in [2.24, 2.45) is 0 Å². The van der Waals surface area contributed by atoms with Crippen molar-refractivity contribution in [2.75, 3.05) is 0 Å². The van der Waals surface area contributed by atoms with Gasteiger partial charge in [-0.05, 0) is 103 Å². The van der Waals surface area contributed by atoms with Gasteiger partial charge in [-0.2, -0.15) is 0 Å². The summed E-state index contributed by atoms with van der Waals surface area (Å²) in [6, 6.07) is 67.0. The molecular weight excluding hydrogens is 577 g/mol. The molecule has 0 fully saturated rings. The standard InChI is InChI=1S/C48H38/c1-3-11-35(12-4-1)31-37-19-23-39(24-20-37)33-43-29-27-41-15-7-9-17-45(41)47(43)48-44(30-28-42-16-8-10-18-46(42)48)34-40-25-21-38(22-26-40)32-36-13-5-2-6-14-36/h1-30H,31-34H2. The fraction of sp³-hybridized carbons (Fsp3) is 0.0833. The Bertz CT molecular complexity index is 2130. The lowest BCUT2D eigenvalue weighted by molar-refractivity contribution is 1.14. The van der Waals surface area contributed by atoms with E-state index in [2.05, 4.69) is 182 Å². The van der Waals surface area contributed by atoms with E-state index in [9.17, 15) is 0 Å². The molecule has 0 amide bonds. The quantitative estimate of drug-likeness (QED) is 0.152. The average molecular weight is 615 g/mol. The Hall–Kier alpha value is -5.72. The Morgan fingerprint density at radius 3 is 0.938 bits per heavy atom. The highest BCUT2D eigenvalue weighted by Gasteiger charge is 2.18. The molecule has 0 unspecified atom stereocenters.